The number of rotatable bonds is 12. The van der Waals surface area contributed by atoms with Crippen LogP contribution in [0.5, 0.6) is 23.0 Å². The molecule has 4 aliphatic heterocycles. The molecular weight excluding hydrogens is 702 g/mol. The van der Waals surface area contributed by atoms with Gasteiger partial charge in [0, 0.05) is 68.0 Å². The van der Waals surface area contributed by atoms with Gasteiger partial charge in [-0.05, 0) is 48.4 Å². The van der Waals surface area contributed by atoms with E-state index in [4.69, 9.17) is 18.9 Å². The molecule has 8 rings (SSSR count). The number of ketones is 1. The van der Waals surface area contributed by atoms with Crippen molar-refractivity contribution in [1.82, 2.24) is 0 Å². The fraction of sp³-hybridized carbons (Fsp3) is 0.286. The number of amides is 3. The first-order valence-corrected chi connectivity index (χ1v) is 18.2. The molecule has 55 heavy (non-hydrogen) atoms. The first-order valence-electron chi connectivity index (χ1n) is 18.2. The second kappa shape index (κ2) is 14.7. The van der Waals surface area contributed by atoms with Crippen LogP contribution in [0.15, 0.2) is 76.7 Å². The van der Waals surface area contributed by atoms with Crippen molar-refractivity contribution in [2.24, 2.45) is 9.98 Å². The van der Waals surface area contributed by atoms with Crippen LogP contribution >= 0.6 is 0 Å². The van der Waals surface area contributed by atoms with Gasteiger partial charge in [-0.15, -0.1) is 0 Å². The van der Waals surface area contributed by atoms with Crippen LogP contribution in [0.2, 0.25) is 0 Å². The number of nitrogens with one attached hydrogen (secondary N) is 1. The molecule has 0 fully saturated rings. The minimum Gasteiger partial charge on any atom is -0.493 e. The standard InChI is InChI=1S/C42H39N5O8/c1-24(48)9-12-40(49)45-27-11-10-26-16-29-23-44-33-21-39(37(53-3)19-31(33)42(51)47(29)35(26)17-27)55-14-6-13-54-38-20-32-30(18-36(38)52-2)41(50)46-28(22-43-32)15-25-7-4-5-8-34(25)46/h4-5,7-8,10-11,17-23,28-29H,6,9,12-16H2,1-3H3,(H,45,49)/t28-,29-/m0/s1. The summed E-state index contributed by atoms with van der Waals surface area (Å²) in [5.74, 6) is 0.999. The zero-order chi connectivity index (χ0) is 38.2. The lowest BCUT2D eigenvalue weighted by atomic mass is 10.1. The summed E-state index contributed by atoms with van der Waals surface area (Å²) in [4.78, 5) is 64.3. The molecular formula is C42H39N5O8. The van der Waals surface area contributed by atoms with Crippen LogP contribution in [0.3, 0.4) is 0 Å². The molecule has 0 radical (unpaired) electrons. The summed E-state index contributed by atoms with van der Waals surface area (Å²) in [6, 6.07) is 19.7. The van der Waals surface area contributed by atoms with E-state index in [0.29, 0.717) is 76.1 Å². The fourth-order valence-electron chi connectivity index (χ4n) is 7.43. The van der Waals surface area contributed by atoms with Gasteiger partial charge in [-0.1, -0.05) is 24.3 Å². The van der Waals surface area contributed by atoms with Crippen molar-refractivity contribution in [3.05, 3.63) is 89.0 Å². The number of anilines is 3. The van der Waals surface area contributed by atoms with Crippen LogP contribution in [0.1, 0.15) is 58.0 Å². The van der Waals surface area contributed by atoms with E-state index in [-0.39, 0.29) is 61.6 Å². The monoisotopic (exact) mass is 741 g/mol. The number of para-hydroxylation sites is 1. The van der Waals surface area contributed by atoms with Crippen molar-refractivity contribution >= 4 is 64.4 Å². The zero-order valence-corrected chi connectivity index (χ0v) is 30.7. The van der Waals surface area contributed by atoms with Gasteiger partial charge in [0.1, 0.15) is 5.78 Å². The predicted molar refractivity (Wildman–Crippen MR) is 208 cm³/mol. The number of carbonyl (C=O) groups is 4. The molecule has 3 amide bonds. The third-order valence-electron chi connectivity index (χ3n) is 10.1. The summed E-state index contributed by atoms with van der Waals surface area (Å²) in [5.41, 5.74) is 5.98. The number of nitrogens with zero attached hydrogens (tertiary/aromatic N) is 4. The largest absolute Gasteiger partial charge is 0.493 e. The molecule has 4 aromatic rings. The lowest BCUT2D eigenvalue weighted by Gasteiger charge is -2.22. The third-order valence-corrected chi connectivity index (χ3v) is 10.1. The number of hydrogen-bond acceptors (Lipinski definition) is 10. The van der Waals surface area contributed by atoms with Gasteiger partial charge in [0.05, 0.1) is 67.7 Å². The molecule has 0 aliphatic carbocycles. The summed E-state index contributed by atoms with van der Waals surface area (Å²) in [6.07, 6.45) is 5.61. The minimum absolute atomic E-state index is 0.0561. The number of ether oxygens (including phenoxy) is 4. The topological polar surface area (TPSA) is 148 Å². The predicted octanol–water partition coefficient (Wildman–Crippen LogP) is 6.43. The van der Waals surface area contributed by atoms with Gasteiger partial charge in [0.15, 0.2) is 23.0 Å². The smallest absolute Gasteiger partial charge is 0.261 e. The Hall–Kier alpha value is -6.50. The average Bonchev–Trinajstić information content (AvgIpc) is 3.67. The van der Waals surface area contributed by atoms with Crippen LogP contribution in [-0.4, -0.2) is 75.5 Å². The van der Waals surface area contributed by atoms with Crippen LogP contribution in [0, 0.1) is 0 Å². The van der Waals surface area contributed by atoms with Crippen LogP contribution < -0.4 is 34.1 Å². The van der Waals surface area contributed by atoms with Crippen LogP contribution in [-0.2, 0) is 22.4 Å². The molecule has 2 atom stereocenters. The number of methoxy groups -OCH3 is 2. The van der Waals surface area contributed by atoms with Gasteiger partial charge in [-0.2, -0.15) is 0 Å². The molecule has 0 aromatic heterocycles. The molecule has 13 nitrogen and oxygen atoms in total. The van der Waals surface area contributed by atoms with Crippen molar-refractivity contribution in [2.45, 2.75) is 51.1 Å². The number of hydrogen-bond donors (Lipinski definition) is 1. The Labute approximate surface area is 317 Å². The lowest BCUT2D eigenvalue weighted by molar-refractivity contribution is -0.121. The van der Waals surface area contributed by atoms with E-state index < -0.39 is 0 Å². The SMILES string of the molecule is COc1cc2c(cc1OCCCOc1cc3c(cc1OC)C(=O)N1c4cc(NC(=O)CCC(C)=O)ccc4C[C@H]1C=N3)N=C[C@@H]1Cc3ccccc3N1C2=O. The van der Waals surface area contributed by atoms with Crippen LogP contribution in [0.25, 0.3) is 0 Å². The molecule has 0 bridgehead atoms. The highest BCUT2D eigenvalue weighted by Crippen LogP contribution is 2.43. The quantitative estimate of drug-likeness (QED) is 0.163. The van der Waals surface area contributed by atoms with Gasteiger partial charge in [0.25, 0.3) is 11.8 Å². The number of benzene rings is 4. The number of fused-ring (bicyclic) bond motifs is 8. The van der Waals surface area contributed by atoms with E-state index in [1.165, 1.54) is 21.1 Å². The summed E-state index contributed by atoms with van der Waals surface area (Å²) in [6.45, 7) is 2.01. The molecule has 0 unspecified atom stereocenters. The fourth-order valence-corrected chi connectivity index (χ4v) is 7.43. The van der Waals surface area contributed by atoms with E-state index in [0.717, 1.165) is 16.8 Å². The van der Waals surface area contributed by atoms with Gasteiger partial charge < -0.3 is 29.1 Å². The van der Waals surface area contributed by atoms with Crippen molar-refractivity contribution < 1.29 is 38.1 Å². The number of Topliss-reactive ketones (excluding diaryl/α,β-unsaturated/α-hetero) is 1. The van der Waals surface area contributed by atoms with Crippen molar-refractivity contribution in [3.63, 3.8) is 0 Å². The Morgan fingerprint density at radius 2 is 1.27 bits per heavy atom. The Balaban J connectivity index is 0.924. The Bertz CT molecular complexity index is 2300. The van der Waals surface area contributed by atoms with Gasteiger partial charge in [-0.25, -0.2) is 0 Å². The maximum Gasteiger partial charge on any atom is 0.261 e. The highest BCUT2D eigenvalue weighted by molar-refractivity contribution is 6.16. The maximum atomic E-state index is 14.1. The highest BCUT2D eigenvalue weighted by atomic mass is 16.5. The second-order valence-electron chi connectivity index (χ2n) is 13.8. The van der Waals surface area contributed by atoms with Gasteiger partial charge in [-0.3, -0.25) is 34.2 Å². The average molecular weight is 742 g/mol. The molecule has 0 saturated carbocycles. The molecule has 0 spiro atoms. The Kier molecular flexibility index (Phi) is 9.51. The zero-order valence-electron chi connectivity index (χ0n) is 30.7. The highest BCUT2D eigenvalue weighted by Gasteiger charge is 2.38. The van der Waals surface area contributed by atoms with Gasteiger partial charge in [0.2, 0.25) is 5.91 Å². The molecule has 1 N–H and O–H groups in total. The minimum atomic E-state index is -0.311. The van der Waals surface area contributed by atoms with Crippen molar-refractivity contribution in [2.75, 3.05) is 42.5 Å². The molecule has 4 aliphatic rings. The summed E-state index contributed by atoms with van der Waals surface area (Å²) >= 11 is 0. The number of aliphatic imine (C=N–C) groups is 2. The molecule has 4 aromatic carbocycles. The summed E-state index contributed by atoms with van der Waals surface area (Å²) < 4.78 is 23.5. The molecule has 4 heterocycles. The maximum absolute atomic E-state index is 14.1. The first kappa shape index (κ1) is 35.5. The Morgan fingerprint density at radius 3 is 1.85 bits per heavy atom. The first-order chi connectivity index (χ1) is 26.7. The van der Waals surface area contributed by atoms with E-state index in [9.17, 15) is 19.2 Å². The number of carbonyl (C=O) groups excluding carboxylic acids is 4. The Morgan fingerprint density at radius 1 is 0.709 bits per heavy atom. The van der Waals surface area contributed by atoms with Crippen molar-refractivity contribution in [3.8, 4) is 23.0 Å². The molecule has 280 valence electrons. The van der Waals surface area contributed by atoms with E-state index in [2.05, 4.69) is 15.3 Å². The van der Waals surface area contributed by atoms with Gasteiger partial charge >= 0.3 is 0 Å². The summed E-state index contributed by atoms with van der Waals surface area (Å²) in [7, 11) is 3.05. The third kappa shape index (κ3) is 6.77. The molecule has 0 saturated heterocycles. The van der Waals surface area contributed by atoms with E-state index in [1.807, 2.05) is 36.5 Å². The van der Waals surface area contributed by atoms with E-state index >= 15 is 0 Å². The van der Waals surface area contributed by atoms with E-state index in [1.54, 1.807) is 52.4 Å². The van der Waals surface area contributed by atoms with Crippen LogP contribution in [0.4, 0.5) is 28.4 Å². The molecule has 13 heteroatoms. The normalized spacial score (nSPS) is 17.2. The second-order valence-corrected chi connectivity index (χ2v) is 13.8. The summed E-state index contributed by atoms with van der Waals surface area (Å²) in [5, 5.41) is 2.83. The lowest BCUT2D eigenvalue weighted by Crippen LogP contribution is -2.37. The van der Waals surface area contributed by atoms with Crippen molar-refractivity contribution in [1.29, 1.82) is 0 Å².